The lowest BCUT2D eigenvalue weighted by atomic mass is 10.1. The molecule has 0 aliphatic heterocycles. The highest BCUT2D eigenvalue weighted by Crippen LogP contribution is 2.26. The van der Waals surface area contributed by atoms with Gasteiger partial charge in [-0.1, -0.05) is 12.2 Å². The molecule has 19 heavy (non-hydrogen) atoms. The standard InChI is InChI=1S/C14H15N3OS/c1-8-6-10(3)17-14(12(8)13(15)19)18-11-5-4-9(2)16-7-11/h4-7H,1-3H3,(H2,15,19). The summed E-state index contributed by atoms with van der Waals surface area (Å²) in [5.74, 6) is 1.04. The van der Waals surface area contributed by atoms with Gasteiger partial charge in [0.1, 0.15) is 10.7 Å². The van der Waals surface area contributed by atoms with Crippen molar-refractivity contribution in [3.8, 4) is 11.6 Å². The summed E-state index contributed by atoms with van der Waals surface area (Å²) in [4.78, 5) is 8.81. The van der Waals surface area contributed by atoms with Crippen LogP contribution in [0.25, 0.3) is 0 Å². The molecule has 0 unspecified atom stereocenters. The minimum Gasteiger partial charge on any atom is -0.437 e. The number of thiocarbonyl (C=S) groups is 1. The molecule has 0 fully saturated rings. The maximum Gasteiger partial charge on any atom is 0.230 e. The molecule has 0 radical (unpaired) electrons. The number of hydrogen-bond donors (Lipinski definition) is 1. The Morgan fingerprint density at radius 1 is 1.21 bits per heavy atom. The summed E-state index contributed by atoms with van der Waals surface area (Å²) in [6.07, 6.45) is 1.65. The Balaban J connectivity index is 2.44. The predicted molar refractivity (Wildman–Crippen MR) is 78.6 cm³/mol. The highest BCUT2D eigenvalue weighted by atomic mass is 32.1. The number of rotatable bonds is 3. The fourth-order valence-electron chi connectivity index (χ4n) is 1.80. The van der Waals surface area contributed by atoms with Crippen LogP contribution in [-0.4, -0.2) is 15.0 Å². The minimum atomic E-state index is 0.278. The van der Waals surface area contributed by atoms with Crippen molar-refractivity contribution >= 4 is 17.2 Å². The lowest BCUT2D eigenvalue weighted by Crippen LogP contribution is -2.14. The van der Waals surface area contributed by atoms with Crippen LogP contribution in [0.3, 0.4) is 0 Å². The predicted octanol–water partition coefficient (Wildman–Crippen LogP) is 2.83. The van der Waals surface area contributed by atoms with Crippen LogP contribution in [0, 0.1) is 20.8 Å². The van der Waals surface area contributed by atoms with Crippen molar-refractivity contribution in [1.82, 2.24) is 9.97 Å². The molecule has 0 aliphatic rings. The first-order valence-electron chi connectivity index (χ1n) is 5.86. The van der Waals surface area contributed by atoms with Crippen molar-refractivity contribution in [2.45, 2.75) is 20.8 Å². The third-order valence-corrected chi connectivity index (χ3v) is 2.86. The smallest absolute Gasteiger partial charge is 0.230 e. The van der Waals surface area contributed by atoms with E-state index in [9.17, 15) is 0 Å². The molecule has 2 N–H and O–H groups in total. The minimum absolute atomic E-state index is 0.278. The van der Waals surface area contributed by atoms with Crippen LogP contribution in [0.4, 0.5) is 0 Å². The van der Waals surface area contributed by atoms with E-state index >= 15 is 0 Å². The van der Waals surface area contributed by atoms with Crippen LogP contribution in [0.2, 0.25) is 0 Å². The fourth-order valence-corrected chi connectivity index (χ4v) is 2.05. The second-order valence-electron chi connectivity index (χ2n) is 4.36. The van der Waals surface area contributed by atoms with Crippen molar-refractivity contribution in [2.75, 3.05) is 0 Å². The molecule has 0 aliphatic carbocycles. The highest BCUT2D eigenvalue weighted by Gasteiger charge is 2.13. The second kappa shape index (κ2) is 5.32. The van der Waals surface area contributed by atoms with E-state index in [-0.39, 0.29) is 4.99 Å². The van der Waals surface area contributed by atoms with Gasteiger partial charge < -0.3 is 10.5 Å². The molecule has 0 atom stereocenters. The zero-order valence-electron chi connectivity index (χ0n) is 11.1. The molecule has 0 aromatic carbocycles. The monoisotopic (exact) mass is 273 g/mol. The number of ether oxygens (including phenoxy) is 1. The molecule has 0 saturated carbocycles. The van der Waals surface area contributed by atoms with Gasteiger partial charge in [0.2, 0.25) is 5.88 Å². The van der Waals surface area contributed by atoms with Gasteiger partial charge in [-0.2, -0.15) is 0 Å². The summed E-state index contributed by atoms with van der Waals surface area (Å²) in [7, 11) is 0. The summed E-state index contributed by atoms with van der Waals surface area (Å²) in [5, 5.41) is 0. The third kappa shape index (κ3) is 3.06. The molecule has 2 heterocycles. The van der Waals surface area contributed by atoms with Crippen LogP contribution in [0.15, 0.2) is 24.4 Å². The van der Waals surface area contributed by atoms with E-state index in [2.05, 4.69) is 9.97 Å². The average Bonchev–Trinajstić information content (AvgIpc) is 2.30. The largest absolute Gasteiger partial charge is 0.437 e. The van der Waals surface area contributed by atoms with Crippen molar-refractivity contribution in [2.24, 2.45) is 5.73 Å². The van der Waals surface area contributed by atoms with Gasteiger partial charge in [0.15, 0.2) is 0 Å². The Bertz CT molecular complexity index is 623. The molecule has 2 aromatic rings. The molecule has 0 bridgehead atoms. The van der Waals surface area contributed by atoms with Gasteiger partial charge in [-0.25, -0.2) is 4.98 Å². The number of nitrogens with two attached hydrogens (primary N) is 1. The first-order chi connectivity index (χ1) is 8.97. The molecule has 0 saturated heterocycles. The Hall–Kier alpha value is -2.01. The average molecular weight is 273 g/mol. The Labute approximate surface area is 117 Å². The molecule has 2 rings (SSSR count). The first-order valence-corrected chi connectivity index (χ1v) is 6.27. The third-order valence-electron chi connectivity index (χ3n) is 2.66. The molecule has 0 amide bonds. The van der Waals surface area contributed by atoms with E-state index < -0.39 is 0 Å². The number of aromatic nitrogens is 2. The van der Waals surface area contributed by atoms with Crippen LogP contribution < -0.4 is 10.5 Å². The van der Waals surface area contributed by atoms with E-state index in [4.69, 9.17) is 22.7 Å². The quantitative estimate of drug-likeness (QED) is 0.871. The number of aryl methyl sites for hydroxylation is 3. The van der Waals surface area contributed by atoms with Crippen LogP contribution >= 0.6 is 12.2 Å². The maximum atomic E-state index is 5.75. The Kier molecular flexibility index (Phi) is 3.76. The van der Waals surface area contributed by atoms with E-state index in [1.807, 2.05) is 39.0 Å². The van der Waals surface area contributed by atoms with Gasteiger partial charge in [-0.3, -0.25) is 4.98 Å². The molecular formula is C14H15N3OS. The fraction of sp³-hybridized carbons (Fsp3) is 0.214. The van der Waals surface area contributed by atoms with E-state index in [1.165, 1.54) is 0 Å². The molecule has 4 nitrogen and oxygen atoms in total. The number of pyridine rings is 2. The molecule has 5 heteroatoms. The van der Waals surface area contributed by atoms with Gasteiger partial charge >= 0.3 is 0 Å². The first kappa shape index (κ1) is 13.4. The zero-order valence-corrected chi connectivity index (χ0v) is 11.9. The summed E-state index contributed by atoms with van der Waals surface area (Å²) in [6, 6.07) is 5.64. The Morgan fingerprint density at radius 2 is 1.95 bits per heavy atom. The topological polar surface area (TPSA) is 61.0 Å². The normalized spacial score (nSPS) is 10.3. The summed E-state index contributed by atoms with van der Waals surface area (Å²) in [6.45, 7) is 5.75. The van der Waals surface area contributed by atoms with E-state index in [0.29, 0.717) is 17.2 Å². The second-order valence-corrected chi connectivity index (χ2v) is 4.80. The van der Waals surface area contributed by atoms with Crippen molar-refractivity contribution < 1.29 is 4.74 Å². The van der Waals surface area contributed by atoms with Crippen LogP contribution in [0.5, 0.6) is 11.6 Å². The van der Waals surface area contributed by atoms with Gasteiger partial charge in [0.05, 0.1) is 11.8 Å². The molecular weight excluding hydrogens is 258 g/mol. The zero-order chi connectivity index (χ0) is 14.0. The summed E-state index contributed by atoms with van der Waals surface area (Å²) >= 11 is 5.06. The van der Waals surface area contributed by atoms with E-state index in [1.54, 1.807) is 6.20 Å². The lowest BCUT2D eigenvalue weighted by molar-refractivity contribution is 0.457. The maximum absolute atomic E-state index is 5.75. The summed E-state index contributed by atoms with van der Waals surface area (Å²) < 4.78 is 5.75. The Morgan fingerprint density at radius 3 is 2.53 bits per heavy atom. The SMILES string of the molecule is Cc1ccc(Oc2nc(C)cc(C)c2C(N)=S)cn1. The van der Waals surface area contributed by atoms with Gasteiger partial charge in [-0.15, -0.1) is 0 Å². The van der Waals surface area contributed by atoms with Gasteiger partial charge in [0, 0.05) is 11.4 Å². The van der Waals surface area contributed by atoms with Crippen molar-refractivity contribution in [1.29, 1.82) is 0 Å². The van der Waals surface area contributed by atoms with Gasteiger partial charge in [-0.05, 0) is 44.5 Å². The molecule has 0 spiro atoms. The molecule has 98 valence electrons. The lowest BCUT2D eigenvalue weighted by Gasteiger charge is -2.12. The summed E-state index contributed by atoms with van der Waals surface area (Å²) in [5.41, 5.74) is 9.14. The van der Waals surface area contributed by atoms with E-state index in [0.717, 1.165) is 17.0 Å². The number of nitrogens with zero attached hydrogens (tertiary/aromatic N) is 2. The van der Waals surface area contributed by atoms with Gasteiger partial charge in [0.25, 0.3) is 0 Å². The van der Waals surface area contributed by atoms with Crippen molar-refractivity contribution in [3.05, 3.63) is 46.9 Å². The van der Waals surface area contributed by atoms with Crippen LogP contribution in [-0.2, 0) is 0 Å². The molecule has 2 aromatic heterocycles. The van der Waals surface area contributed by atoms with Crippen LogP contribution in [0.1, 0.15) is 22.5 Å². The highest BCUT2D eigenvalue weighted by molar-refractivity contribution is 7.80. The van der Waals surface area contributed by atoms with Crippen molar-refractivity contribution in [3.63, 3.8) is 0 Å². The number of hydrogen-bond acceptors (Lipinski definition) is 4.